The lowest BCUT2D eigenvalue weighted by molar-refractivity contribution is 0.137. The van der Waals surface area contributed by atoms with Crippen molar-refractivity contribution in [2.75, 3.05) is 25.3 Å². The number of carboxylic acid groups (broad SMARTS) is 1. The second-order valence-corrected chi connectivity index (χ2v) is 13.0. The Morgan fingerprint density at radius 1 is 1.38 bits per heavy atom. The standard InChI is InChI=1S/C16H23ClN4O4Si/c1-24-15-12(7-11(17)8-18-15)14-13(9-19-20-14)21(16(22)23)10-25-5-6-26(2,3)4/h7-9H,5-6,10H2,1-4H3,(H,19,20)(H,22,23). The summed E-state index contributed by atoms with van der Waals surface area (Å²) < 4.78 is 10.8. The summed E-state index contributed by atoms with van der Waals surface area (Å²) in [5, 5.41) is 16.8. The van der Waals surface area contributed by atoms with Gasteiger partial charge >= 0.3 is 6.09 Å². The predicted octanol–water partition coefficient (Wildman–Crippen LogP) is 3.93. The zero-order valence-corrected chi connectivity index (χ0v) is 17.0. The number of nitrogens with zero attached hydrogens (tertiary/aromatic N) is 3. The van der Waals surface area contributed by atoms with Crippen molar-refractivity contribution in [2.24, 2.45) is 0 Å². The van der Waals surface area contributed by atoms with Crippen LogP contribution in [0.15, 0.2) is 18.5 Å². The van der Waals surface area contributed by atoms with Gasteiger partial charge in [0.2, 0.25) is 5.88 Å². The van der Waals surface area contributed by atoms with E-state index in [0.29, 0.717) is 34.5 Å². The number of methoxy groups -OCH3 is 1. The van der Waals surface area contributed by atoms with Gasteiger partial charge in [0.15, 0.2) is 0 Å². The van der Waals surface area contributed by atoms with Crippen LogP contribution in [-0.2, 0) is 4.74 Å². The van der Waals surface area contributed by atoms with E-state index < -0.39 is 14.2 Å². The highest BCUT2D eigenvalue weighted by Gasteiger charge is 2.23. The molecule has 10 heteroatoms. The Labute approximate surface area is 158 Å². The van der Waals surface area contributed by atoms with Crippen molar-refractivity contribution in [2.45, 2.75) is 25.7 Å². The SMILES string of the molecule is COc1ncc(Cl)cc1-c1[nH]ncc1N(COCC[Si](C)(C)C)C(=O)O. The molecule has 0 saturated carbocycles. The lowest BCUT2D eigenvalue weighted by Gasteiger charge is -2.21. The van der Waals surface area contributed by atoms with Crippen LogP contribution in [0.1, 0.15) is 0 Å². The summed E-state index contributed by atoms with van der Waals surface area (Å²) in [7, 11) is 0.223. The maximum atomic E-state index is 11.7. The first kappa shape index (κ1) is 20.2. The molecule has 0 spiro atoms. The van der Waals surface area contributed by atoms with Crippen LogP contribution in [0.4, 0.5) is 10.5 Å². The number of carbonyl (C=O) groups is 1. The molecule has 0 saturated heterocycles. The van der Waals surface area contributed by atoms with Gasteiger partial charge < -0.3 is 14.6 Å². The molecule has 0 fully saturated rings. The first-order valence-electron chi connectivity index (χ1n) is 8.04. The third-order valence-electron chi connectivity index (χ3n) is 3.64. The molecular formula is C16H23ClN4O4Si. The van der Waals surface area contributed by atoms with Gasteiger partial charge in [-0.25, -0.2) is 9.78 Å². The minimum atomic E-state index is -1.25. The molecule has 0 atom stereocenters. The van der Waals surface area contributed by atoms with E-state index >= 15 is 0 Å². The van der Waals surface area contributed by atoms with Crippen LogP contribution in [0, 0.1) is 0 Å². The van der Waals surface area contributed by atoms with E-state index in [9.17, 15) is 9.90 Å². The normalized spacial score (nSPS) is 11.4. The number of amides is 1. The number of ether oxygens (including phenoxy) is 2. The van der Waals surface area contributed by atoms with E-state index in [2.05, 4.69) is 34.8 Å². The number of H-pyrrole nitrogens is 1. The Balaban J connectivity index is 2.25. The summed E-state index contributed by atoms with van der Waals surface area (Å²) >= 11 is 6.03. The number of nitrogens with one attached hydrogen (secondary N) is 1. The molecule has 0 radical (unpaired) electrons. The monoisotopic (exact) mass is 398 g/mol. The number of rotatable bonds is 8. The fraction of sp³-hybridized carbons (Fsp3) is 0.438. The molecular weight excluding hydrogens is 376 g/mol. The lowest BCUT2D eigenvalue weighted by Crippen LogP contribution is -2.33. The van der Waals surface area contributed by atoms with Crippen molar-refractivity contribution in [3.63, 3.8) is 0 Å². The number of aromatic amines is 1. The molecule has 0 bridgehead atoms. The number of anilines is 1. The highest BCUT2D eigenvalue weighted by Crippen LogP contribution is 2.35. The Morgan fingerprint density at radius 3 is 2.73 bits per heavy atom. The number of pyridine rings is 1. The van der Waals surface area contributed by atoms with Gasteiger partial charge in [0, 0.05) is 20.9 Å². The van der Waals surface area contributed by atoms with E-state index in [4.69, 9.17) is 21.1 Å². The van der Waals surface area contributed by atoms with Gasteiger partial charge in [-0.05, 0) is 12.1 Å². The zero-order valence-electron chi connectivity index (χ0n) is 15.2. The van der Waals surface area contributed by atoms with Crippen molar-refractivity contribution in [3.8, 4) is 17.1 Å². The summed E-state index contributed by atoms with van der Waals surface area (Å²) in [5.74, 6) is 0.310. The minimum absolute atomic E-state index is 0.0946. The summed E-state index contributed by atoms with van der Waals surface area (Å²) in [6.07, 6.45) is 1.73. The molecule has 0 aromatic carbocycles. The molecule has 0 aliphatic carbocycles. The van der Waals surface area contributed by atoms with Crippen LogP contribution >= 0.6 is 11.6 Å². The maximum absolute atomic E-state index is 11.7. The molecule has 2 heterocycles. The smallest absolute Gasteiger partial charge is 0.413 e. The fourth-order valence-corrected chi connectivity index (χ4v) is 3.13. The fourth-order valence-electron chi connectivity index (χ4n) is 2.21. The van der Waals surface area contributed by atoms with Gasteiger partial charge in [0.1, 0.15) is 6.73 Å². The second-order valence-electron chi connectivity index (χ2n) is 6.90. The van der Waals surface area contributed by atoms with Gasteiger partial charge in [-0.3, -0.25) is 10.00 Å². The van der Waals surface area contributed by atoms with Gasteiger partial charge in [0.25, 0.3) is 0 Å². The summed E-state index contributed by atoms with van der Waals surface area (Å²) in [6, 6.07) is 2.58. The van der Waals surface area contributed by atoms with Gasteiger partial charge in [0.05, 0.1) is 35.3 Å². The van der Waals surface area contributed by atoms with Gasteiger partial charge in [-0.15, -0.1) is 0 Å². The molecule has 8 nitrogen and oxygen atoms in total. The Hall–Kier alpha value is -2.10. The molecule has 0 aliphatic heterocycles. The number of hydrogen-bond donors (Lipinski definition) is 2. The largest absolute Gasteiger partial charge is 0.481 e. The number of aromatic nitrogens is 3. The number of hydrogen-bond acceptors (Lipinski definition) is 5. The van der Waals surface area contributed by atoms with Crippen LogP contribution in [0.25, 0.3) is 11.3 Å². The Kier molecular flexibility index (Phi) is 6.62. The predicted molar refractivity (Wildman–Crippen MR) is 103 cm³/mol. The molecule has 2 rings (SSSR count). The Morgan fingerprint density at radius 2 is 2.12 bits per heavy atom. The first-order chi connectivity index (χ1) is 12.2. The van der Waals surface area contributed by atoms with Crippen molar-refractivity contribution < 1.29 is 19.4 Å². The van der Waals surface area contributed by atoms with E-state index in [1.807, 2.05) is 0 Å². The van der Waals surface area contributed by atoms with E-state index in [1.54, 1.807) is 6.07 Å². The summed E-state index contributed by atoms with van der Waals surface area (Å²) in [4.78, 5) is 16.9. The third-order valence-corrected chi connectivity index (χ3v) is 5.55. The number of halogens is 1. The van der Waals surface area contributed by atoms with E-state index in [-0.39, 0.29) is 6.73 Å². The molecule has 0 unspecified atom stereocenters. The molecule has 0 aliphatic rings. The van der Waals surface area contributed by atoms with Crippen molar-refractivity contribution >= 4 is 31.5 Å². The molecule has 1 amide bonds. The summed E-state index contributed by atoms with van der Waals surface area (Å²) in [5.41, 5.74) is 1.29. The van der Waals surface area contributed by atoms with E-state index in [0.717, 1.165) is 10.9 Å². The second kappa shape index (κ2) is 8.52. The van der Waals surface area contributed by atoms with Crippen molar-refractivity contribution in [1.29, 1.82) is 0 Å². The molecule has 26 heavy (non-hydrogen) atoms. The first-order valence-corrected chi connectivity index (χ1v) is 12.1. The van der Waals surface area contributed by atoms with Crippen LogP contribution in [0.2, 0.25) is 30.7 Å². The maximum Gasteiger partial charge on any atom is 0.413 e. The highest BCUT2D eigenvalue weighted by molar-refractivity contribution is 6.76. The summed E-state index contributed by atoms with van der Waals surface area (Å²) in [6.45, 7) is 7.12. The minimum Gasteiger partial charge on any atom is -0.481 e. The van der Waals surface area contributed by atoms with Crippen molar-refractivity contribution in [3.05, 3.63) is 23.5 Å². The quantitative estimate of drug-likeness (QED) is 0.397. The molecule has 2 aromatic heterocycles. The third kappa shape index (κ3) is 5.20. The molecule has 2 aromatic rings. The van der Waals surface area contributed by atoms with Crippen molar-refractivity contribution in [1.82, 2.24) is 15.2 Å². The average molecular weight is 399 g/mol. The highest BCUT2D eigenvalue weighted by atomic mass is 35.5. The van der Waals surface area contributed by atoms with Crippen LogP contribution < -0.4 is 9.64 Å². The zero-order chi connectivity index (χ0) is 19.3. The van der Waals surface area contributed by atoms with Crippen LogP contribution in [0.5, 0.6) is 5.88 Å². The molecule has 2 N–H and O–H groups in total. The van der Waals surface area contributed by atoms with Crippen LogP contribution in [0.3, 0.4) is 0 Å². The Bertz CT molecular complexity index is 763. The average Bonchev–Trinajstić information content (AvgIpc) is 3.02. The molecule has 142 valence electrons. The van der Waals surface area contributed by atoms with Crippen LogP contribution in [-0.4, -0.2) is 54.9 Å². The lowest BCUT2D eigenvalue weighted by atomic mass is 10.1. The van der Waals surface area contributed by atoms with Gasteiger partial charge in [-0.2, -0.15) is 5.10 Å². The van der Waals surface area contributed by atoms with E-state index in [1.165, 1.54) is 19.5 Å². The van der Waals surface area contributed by atoms with Gasteiger partial charge in [-0.1, -0.05) is 31.2 Å². The topological polar surface area (TPSA) is 101 Å².